The number of carbonyl (C=O) groups is 1. The molecule has 1 aliphatic rings. The van der Waals surface area contributed by atoms with Crippen molar-refractivity contribution >= 4 is 17.1 Å². The first-order valence-electron chi connectivity index (χ1n) is 10.6. The highest BCUT2D eigenvalue weighted by Crippen LogP contribution is 2.36. The minimum atomic E-state index is -4.76. The number of hydrogen-bond donors (Lipinski definition) is 1. The van der Waals surface area contributed by atoms with Crippen LogP contribution in [0.4, 0.5) is 17.6 Å². The molecule has 0 aromatic carbocycles. The van der Waals surface area contributed by atoms with E-state index in [1.54, 1.807) is 6.08 Å². The van der Waals surface area contributed by atoms with E-state index in [2.05, 4.69) is 9.97 Å². The third-order valence-electron chi connectivity index (χ3n) is 5.89. The van der Waals surface area contributed by atoms with Gasteiger partial charge in [0.1, 0.15) is 17.2 Å². The van der Waals surface area contributed by atoms with Crippen molar-refractivity contribution in [1.82, 2.24) is 19.3 Å². The molecule has 0 fully saturated rings. The van der Waals surface area contributed by atoms with Gasteiger partial charge in [-0.1, -0.05) is 6.08 Å². The molecule has 0 unspecified atom stereocenters. The Kier molecular flexibility index (Phi) is 5.64. The Morgan fingerprint density at radius 3 is 2.69 bits per heavy atom. The second-order valence-corrected chi connectivity index (χ2v) is 7.98. The number of aromatic nitrogens is 3. The maximum Gasteiger partial charge on any atom is 0.420 e. The number of alkyl halides is 3. The van der Waals surface area contributed by atoms with Crippen LogP contribution < -0.4 is 0 Å². The molecule has 0 radical (unpaired) electrons. The van der Waals surface area contributed by atoms with E-state index in [1.807, 2.05) is 0 Å². The lowest BCUT2D eigenvalue weighted by molar-refractivity contribution is -0.136. The number of halogens is 4. The van der Waals surface area contributed by atoms with Crippen molar-refractivity contribution in [2.75, 3.05) is 13.1 Å². The standard InChI is InChI=1S/C24H18F4N4O3/c25-18-2-1-6-29-20(18)14-3-7-31(8-4-14)23(34)21-19(12-33)32-11-16(15-5-9-35-13-15)10-17(22(32)30-21)24(26,27)28/h1-3,5-6,9-11,13,33H,4,7-8,12H2. The maximum atomic E-state index is 14.1. The zero-order chi connectivity index (χ0) is 24.7. The van der Waals surface area contributed by atoms with Crippen LogP contribution in [0.3, 0.4) is 0 Å². The van der Waals surface area contributed by atoms with Gasteiger partial charge in [0.15, 0.2) is 5.69 Å². The second-order valence-electron chi connectivity index (χ2n) is 7.98. The molecule has 0 aliphatic carbocycles. The van der Waals surface area contributed by atoms with Crippen molar-refractivity contribution in [3.63, 3.8) is 0 Å². The lowest BCUT2D eigenvalue weighted by atomic mass is 10.0. The summed E-state index contributed by atoms with van der Waals surface area (Å²) in [7, 11) is 0. The summed E-state index contributed by atoms with van der Waals surface area (Å²) >= 11 is 0. The molecule has 0 spiro atoms. The average molecular weight is 486 g/mol. The van der Waals surface area contributed by atoms with E-state index in [9.17, 15) is 27.5 Å². The van der Waals surface area contributed by atoms with E-state index < -0.39 is 35.7 Å². The molecule has 0 saturated carbocycles. The highest BCUT2D eigenvalue weighted by molar-refractivity contribution is 5.95. The number of pyridine rings is 2. The van der Waals surface area contributed by atoms with Gasteiger partial charge in [-0.25, -0.2) is 9.37 Å². The van der Waals surface area contributed by atoms with Gasteiger partial charge in [0.25, 0.3) is 5.91 Å². The smallest absolute Gasteiger partial charge is 0.420 e. The fourth-order valence-electron chi connectivity index (χ4n) is 4.15. The fraction of sp³-hybridized carbons (Fsp3) is 0.208. The lowest BCUT2D eigenvalue weighted by Crippen LogP contribution is -2.35. The third-order valence-corrected chi connectivity index (χ3v) is 5.89. The van der Waals surface area contributed by atoms with Gasteiger partial charge >= 0.3 is 6.18 Å². The number of imidazole rings is 1. The number of carbonyl (C=O) groups excluding carboxylic acids is 1. The molecule has 0 atom stereocenters. The Bertz CT molecular complexity index is 1440. The number of aliphatic hydroxyl groups is 1. The predicted octanol–water partition coefficient (Wildman–Crippen LogP) is 4.57. The first-order chi connectivity index (χ1) is 16.8. The van der Waals surface area contributed by atoms with Gasteiger partial charge in [-0.15, -0.1) is 0 Å². The van der Waals surface area contributed by atoms with Crippen LogP contribution in [0.15, 0.2) is 59.7 Å². The molecule has 35 heavy (non-hydrogen) atoms. The minimum absolute atomic E-state index is 0.0635. The molecule has 11 heteroatoms. The van der Waals surface area contributed by atoms with Gasteiger partial charge in [0.2, 0.25) is 0 Å². The van der Waals surface area contributed by atoms with Crippen molar-refractivity contribution in [2.24, 2.45) is 0 Å². The molecular formula is C24H18F4N4O3. The van der Waals surface area contributed by atoms with Crippen LogP contribution in [0.1, 0.15) is 33.9 Å². The molecule has 180 valence electrons. The van der Waals surface area contributed by atoms with Crippen LogP contribution >= 0.6 is 0 Å². The quantitative estimate of drug-likeness (QED) is 0.428. The van der Waals surface area contributed by atoms with Crippen LogP contribution in [0.2, 0.25) is 0 Å². The van der Waals surface area contributed by atoms with Gasteiger partial charge in [-0.05, 0) is 36.3 Å². The summed E-state index contributed by atoms with van der Waals surface area (Å²) in [5.41, 5.74) is -0.448. The zero-order valence-electron chi connectivity index (χ0n) is 18.1. The molecule has 5 rings (SSSR count). The van der Waals surface area contributed by atoms with Gasteiger partial charge in [0, 0.05) is 36.6 Å². The Hall–Kier alpha value is -3.99. The zero-order valence-corrected chi connectivity index (χ0v) is 18.1. The number of aliphatic hydroxyl groups excluding tert-OH is 1. The van der Waals surface area contributed by atoms with Gasteiger partial charge in [-0.2, -0.15) is 13.2 Å². The molecule has 1 N–H and O–H groups in total. The molecule has 4 aromatic rings. The van der Waals surface area contributed by atoms with Crippen molar-refractivity contribution in [2.45, 2.75) is 19.2 Å². The van der Waals surface area contributed by atoms with Gasteiger partial charge < -0.3 is 14.4 Å². The topological polar surface area (TPSA) is 83.9 Å². The summed E-state index contributed by atoms with van der Waals surface area (Å²) in [6.45, 7) is -0.427. The number of nitrogens with zero attached hydrogens (tertiary/aromatic N) is 4. The maximum absolute atomic E-state index is 14.1. The Labute approximate surface area is 195 Å². The molecule has 5 heterocycles. The summed E-state index contributed by atoms with van der Waals surface area (Å²) in [6.07, 6.45) is 2.68. The van der Waals surface area contributed by atoms with E-state index in [0.29, 0.717) is 17.6 Å². The number of amides is 1. The molecule has 4 aromatic heterocycles. The lowest BCUT2D eigenvalue weighted by Gasteiger charge is -2.26. The van der Waals surface area contributed by atoms with Crippen LogP contribution in [-0.2, 0) is 12.8 Å². The van der Waals surface area contributed by atoms with Crippen LogP contribution in [0, 0.1) is 5.82 Å². The van der Waals surface area contributed by atoms with Crippen molar-refractivity contribution in [1.29, 1.82) is 0 Å². The summed E-state index contributed by atoms with van der Waals surface area (Å²) in [6, 6.07) is 5.21. The molecule has 0 bridgehead atoms. The molecule has 1 amide bonds. The number of furan rings is 1. The fourth-order valence-corrected chi connectivity index (χ4v) is 4.15. The largest absolute Gasteiger partial charge is 0.472 e. The predicted molar refractivity (Wildman–Crippen MR) is 117 cm³/mol. The van der Waals surface area contributed by atoms with Crippen molar-refractivity contribution in [3.8, 4) is 11.1 Å². The van der Waals surface area contributed by atoms with E-state index in [1.165, 1.54) is 48.0 Å². The first kappa shape index (κ1) is 22.8. The normalized spacial score (nSPS) is 14.4. The van der Waals surface area contributed by atoms with Gasteiger partial charge in [0.05, 0.1) is 30.4 Å². The highest BCUT2D eigenvalue weighted by atomic mass is 19.4. The van der Waals surface area contributed by atoms with Crippen LogP contribution in [0.5, 0.6) is 0 Å². The second kappa shape index (κ2) is 8.66. The molecule has 1 aliphatic heterocycles. The van der Waals surface area contributed by atoms with Gasteiger partial charge in [-0.3, -0.25) is 14.2 Å². The summed E-state index contributed by atoms with van der Waals surface area (Å²) in [5.74, 6) is -1.11. The Morgan fingerprint density at radius 2 is 2.06 bits per heavy atom. The summed E-state index contributed by atoms with van der Waals surface area (Å²) in [5, 5.41) is 10.00. The van der Waals surface area contributed by atoms with Crippen LogP contribution in [0.25, 0.3) is 22.3 Å². The van der Waals surface area contributed by atoms with E-state index in [-0.39, 0.29) is 35.7 Å². The molecule has 0 saturated heterocycles. The van der Waals surface area contributed by atoms with Crippen molar-refractivity contribution in [3.05, 3.63) is 83.7 Å². The third kappa shape index (κ3) is 4.08. The number of hydrogen-bond acceptors (Lipinski definition) is 5. The Balaban J connectivity index is 1.54. The summed E-state index contributed by atoms with van der Waals surface area (Å²) in [4.78, 5) is 22.7. The van der Waals surface area contributed by atoms with E-state index in [4.69, 9.17) is 4.42 Å². The first-order valence-corrected chi connectivity index (χ1v) is 10.6. The average Bonchev–Trinajstić information content (AvgIpc) is 3.51. The molecule has 7 nitrogen and oxygen atoms in total. The van der Waals surface area contributed by atoms with E-state index in [0.717, 1.165) is 10.5 Å². The number of rotatable bonds is 4. The monoisotopic (exact) mass is 486 g/mol. The summed E-state index contributed by atoms with van der Waals surface area (Å²) < 4.78 is 61.8. The van der Waals surface area contributed by atoms with E-state index >= 15 is 0 Å². The highest BCUT2D eigenvalue weighted by Gasteiger charge is 2.37. The van der Waals surface area contributed by atoms with Crippen LogP contribution in [-0.4, -0.2) is 43.4 Å². The Morgan fingerprint density at radius 1 is 1.23 bits per heavy atom. The number of fused-ring (bicyclic) bond motifs is 1. The molecular weight excluding hydrogens is 468 g/mol. The SMILES string of the molecule is O=C(c1nc2c(C(F)(F)F)cc(-c3ccoc3)cn2c1CO)N1CC=C(c2ncccc2F)CC1. The van der Waals surface area contributed by atoms with Crippen molar-refractivity contribution < 1.29 is 31.9 Å². The minimum Gasteiger partial charge on any atom is -0.472 e.